The zero-order valence-corrected chi connectivity index (χ0v) is 24.1. The first-order valence-electron chi connectivity index (χ1n) is 12.8. The zero-order valence-electron chi connectivity index (χ0n) is 23.2. The minimum absolute atomic E-state index is 0.0160. The number of nitrogens with zero attached hydrogens (tertiary/aromatic N) is 5. The van der Waals surface area contributed by atoms with Crippen LogP contribution < -0.4 is 0 Å². The largest absolute Gasteiger partial charge is 0.308 e. The van der Waals surface area contributed by atoms with Crippen molar-refractivity contribution in [2.24, 2.45) is 0 Å². The molecule has 16 heteroatoms. The third-order valence-corrected chi connectivity index (χ3v) is 7.82. The lowest BCUT2D eigenvalue weighted by Crippen LogP contribution is -2.18. The summed E-state index contributed by atoms with van der Waals surface area (Å²) in [6, 6.07) is 22.2. The second kappa shape index (κ2) is 13.8. The fourth-order valence-electron chi connectivity index (χ4n) is 4.46. The monoisotopic (exact) mass is 621 g/mol. The van der Waals surface area contributed by atoms with Gasteiger partial charge in [0.25, 0.3) is 31.3 Å². The summed E-state index contributed by atoms with van der Waals surface area (Å²) < 4.78 is 14.2. The summed E-state index contributed by atoms with van der Waals surface area (Å²) in [7, 11) is 0.702. The molecule has 0 radical (unpaired) electrons. The molecule has 0 saturated carbocycles. The molecule has 0 amide bonds. The van der Waals surface area contributed by atoms with E-state index < -0.39 is 40.4 Å². The number of rotatable bonds is 13. The van der Waals surface area contributed by atoms with E-state index in [0.29, 0.717) is 0 Å². The molecular weight excluding hydrogens is 597 g/mol. The predicted octanol–water partition coefficient (Wildman–Crippen LogP) is 7.02. The topological polar surface area (TPSA) is 194 Å². The fourth-order valence-corrected chi connectivity index (χ4v) is 5.70. The highest BCUT2D eigenvalue weighted by Crippen LogP contribution is 2.54. The molecule has 0 aliphatic heterocycles. The summed E-state index contributed by atoms with van der Waals surface area (Å²) in [5.74, 6) is 0. The minimum Gasteiger partial charge on any atom is -0.308 e. The van der Waals surface area contributed by atoms with Crippen molar-refractivity contribution in [1.82, 2.24) is 4.67 Å². The Kier molecular flexibility index (Phi) is 9.98. The Bertz CT molecular complexity index is 1480. The van der Waals surface area contributed by atoms with Crippen LogP contribution in [0, 0.1) is 40.5 Å². The molecule has 0 aliphatic carbocycles. The van der Waals surface area contributed by atoms with Gasteiger partial charge in [0.15, 0.2) is 0 Å². The molecular formula is C28H24N5O10P. The summed E-state index contributed by atoms with van der Waals surface area (Å²) in [5, 5.41) is 48.0. The van der Waals surface area contributed by atoms with Crippen LogP contribution >= 0.6 is 8.53 Å². The summed E-state index contributed by atoms with van der Waals surface area (Å²) in [6.07, 6.45) is -2.85. The van der Waals surface area contributed by atoms with E-state index in [1.54, 1.807) is 0 Å². The quantitative estimate of drug-likeness (QED) is 0.0845. The number of nitro groups is 4. The van der Waals surface area contributed by atoms with Crippen LogP contribution in [0.25, 0.3) is 0 Å². The van der Waals surface area contributed by atoms with E-state index in [9.17, 15) is 40.5 Å². The molecule has 0 fully saturated rings. The van der Waals surface area contributed by atoms with Gasteiger partial charge in [-0.3, -0.25) is 40.5 Å². The average Bonchev–Trinajstić information content (AvgIpc) is 3.01. The standard InChI is InChI=1S/C28H24N5O10P/c1-29(2)44(42-27(19-11-3-7-15-23(19)30(34)35)20-12-4-8-16-24(20)31(36)37)43-28(21-13-5-9-17-25(21)32(38)39)22-14-6-10-18-26(22)33(40)41/h3-18,27-28H,1-2H3. The van der Waals surface area contributed by atoms with Crippen LogP contribution in [0.1, 0.15) is 34.5 Å². The van der Waals surface area contributed by atoms with Crippen molar-refractivity contribution in [2.75, 3.05) is 14.1 Å². The van der Waals surface area contributed by atoms with E-state index in [4.69, 9.17) is 9.05 Å². The summed E-state index contributed by atoms with van der Waals surface area (Å²) in [4.78, 5) is 45.4. The van der Waals surface area contributed by atoms with Crippen molar-refractivity contribution in [1.29, 1.82) is 0 Å². The van der Waals surface area contributed by atoms with Crippen LogP contribution in [0.4, 0.5) is 22.7 Å². The van der Waals surface area contributed by atoms with Crippen molar-refractivity contribution >= 4 is 31.3 Å². The smallest absolute Gasteiger partial charge is 0.275 e. The molecule has 0 aromatic heterocycles. The molecule has 0 aliphatic rings. The van der Waals surface area contributed by atoms with Gasteiger partial charge in [0.2, 0.25) is 0 Å². The highest BCUT2D eigenvalue weighted by atomic mass is 31.2. The van der Waals surface area contributed by atoms with E-state index in [1.807, 2.05) is 0 Å². The van der Waals surface area contributed by atoms with E-state index >= 15 is 0 Å². The predicted molar refractivity (Wildman–Crippen MR) is 159 cm³/mol. The second-order valence-corrected chi connectivity index (χ2v) is 11.0. The van der Waals surface area contributed by atoms with Gasteiger partial charge in [-0.1, -0.05) is 48.5 Å². The molecule has 226 valence electrons. The zero-order chi connectivity index (χ0) is 32.0. The van der Waals surface area contributed by atoms with E-state index in [2.05, 4.69) is 0 Å². The highest BCUT2D eigenvalue weighted by molar-refractivity contribution is 7.44. The molecule has 0 atom stereocenters. The first-order chi connectivity index (χ1) is 21.0. The molecule has 0 saturated heterocycles. The van der Waals surface area contributed by atoms with Crippen LogP contribution in [0.15, 0.2) is 97.1 Å². The summed E-state index contributed by atoms with van der Waals surface area (Å²) in [5.41, 5.74) is -1.57. The number of hydrogen-bond donors (Lipinski definition) is 0. The van der Waals surface area contributed by atoms with Crippen molar-refractivity contribution < 1.29 is 28.7 Å². The molecule has 0 bridgehead atoms. The van der Waals surface area contributed by atoms with Crippen LogP contribution in [-0.4, -0.2) is 38.5 Å². The van der Waals surface area contributed by atoms with Gasteiger partial charge < -0.3 is 9.05 Å². The summed E-state index contributed by atoms with van der Waals surface area (Å²) in [6.45, 7) is 0. The Morgan fingerprint density at radius 2 is 0.727 bits per heavy atom. The van der Waals surface area contributed by atoms with E-state index in [0.717, 1.165) is 0 Å². The lowest BCUT2D eigenvalue weighted by Gasteiger charge is -2.31. The minimum atomic E-state index is -2.38. The van der Waals surface area contributed by atoms with Gasteiger partial charge >= 0.3 is 0 Å². The Balaban J connectivity index is 1.91. The van der Waals surface area contributed by atoms with Gasteiger partial charge in [-0.05, 0) is 38.4 Å². The number of nitro benzene ring substituents is 4. The van der Waals surface area contributed by atoms with E-state index in [1.165, 1.54) is 116 Å². The molecule has 4 aromatic rings. The first-order valence-corrected chi connectivity index (χ1v) is 13.9. The molecule has 0 spiro atoms. The highest BCUT2D eigenvalue weighted by Gasteiger charge is 2.37. The Morgan fingerprint density at radius 1 is 0.500 bits per heavy atom. The lowest BCUT2D eigenvalue weighted by atomic mass is 9.98. The normalized spacial score (nSPS) is 11.3. The van der Waals surface area contributed by atoms with Crippen molar-refractivity contribution in [3.05, 3.63) is 160 Å². The Morgan fingerprint density at radius 3 is 0.932 bits per heavy atom. The van der Waals surface area contributed by atoms with Gasteiger partial charge in [-0.2, -0.15) is 0 Å². The molecule has 0 heterocycles. The maximum Gasteiger partial charge on any atom is 0.275 e. The van der Waals surface area contributed by atoms with Crippen LogP contribution in [0.2, 0.25) is 0 Å². The maximum absolute atomic E-state index is 12.0. The molecule has 0 N–H and O–H groups in total. The van der Waals surface area contributed by atoms with Gasteiger partial charge in [0.05, 0.1) is 41.9 Å². The first kappa shape index (κ1) is 31.7. The van der Waals surface area contributed by atoms with Crippen LogP contribution in [-0.2, 0) is 9.05 Å². The molecule has 4 aromatic carbocycles. The van der Waals surface area contributed by atoms with Gasteiger partial charge in [-0.25, -0.2) is 4.67 Å². The van der Waals surface area contributed by atoms with Gasteiger partial charge in [0, 0.05) is 24.3 Å². The van der Waals surface area contributed by atoms with Gasteiger partial charge in [-0.15, -0.1) is 0 Å². The second-order valence-electron chi connectivity index (χ2n) is 9.32. The fraction of sp³-hybridized carbons (Fsp3) is 0.143. The molecule has 44 heavy (non-hydrogen) atoms. The van der Waals surface area contributed by atoms with Crippen molar-refractivity contribution in [3.63, 3.8) is 0 Å². The van der Waals surface area contributed by atoms with Crippen molar-refractivity contribution in [3.8, 4) is 0 Å². The number of para-hydroxylation sites is 4. The van der Waals surface area contributed by atoms with Crippen LogP contribution in [0.3, 0.4) is 0 Å². The summed E-state index contributed by atoms with van der Waals surface area (Å²) >= 11 is 0. The number of benzene rings is 4. The van der Waals surface area contributed by atoms with Crippen molar-refractivity contribution in [2.45, 2.75) is 12.2 Å². The lowest BCUT2D eigenvalue weighted by molar-refractivity contribution is -0.387. The third kappa shape index (κ3) is 6.88. The Hall–Kier alpha value is -5.21. The molecule has 4 rings (SSSR count). The SMILES string of the molecule is CN(C)P(OC(c1ccccc1[N+](=O)[O-])c1ccccc1[N+](=O)[O-])OC(c1ccccc1[N+](=O)[O-])c1ccccc1[N+](=O)[O-]. The molecule has 15 nitrogen and oxygen atoms in total. The van der Waals surface area contributed by atoms with Gasteiger partial charge in [0.1, 0.15) is 12.2 Å². The van der Waals surface area contributed by atoms with E-state index in [-0.39, 0.29) is 45.0 Å². The third-order valence-electron chi connectivity index (χ3n) is 6.38. The van der Waals surface area contributed by atoms with Crippen LogP contribution in [0.5, 0.6) is 0 Å². The Labute approximate surface area is 250 Å². The average molecular weight is 621 g/mol. The maximum atomic E-state index is 12.0. The number of hydrogen-bond acceptors (Lipinski definition) is 11. The molecule has 0 unspecified atom stereocenters.